The molecule has 0 saturated carbocycles. The minimum Gasteiger partial charge on any atom is -0.374 e. The largest absolute Gasteiger partial charge is 0.374 e. The molecule has 0 radical (unpaired) electrons. The molecule has 1 aliphatic heterocycles. The van der Waals surface area contributed by atoms with E-state index in [1.54, 1.807) is 0 Å². The van der Waals surface area contributed by atoms with E-state index < -0.39 is 0 Å². The molecular weight excluding hydrogens is 318 g/mol. The number of hydrogen-bond donors (Lipinski definition) is 2. The Balaban J connectivity index is 1.81. The number of ether oxygens (including phenoxy) is 1. The van der Waals surface area contributed by atoms with Crippen molar-refractivity contribution >= 4 is 17.7 Å². The Bertz CT molecular complexity index is 539. The minimum absolute atomic E-state index is 0.254. The van der Waals surface area contributed by atoms with Crippen LogP contribution in [0.1, 0.15) is 44.7 Å². The fourth-order valence-corrected chi connectivity index (χ4v) is 3.99. The monoisotopic (exact) mass is 349 g/mol. The minimum atomic E-state index is 0.254. The summed E-state index contributed by atoms with van der Waals surface area (Å²) in [6.07, 6.45) is 2.85. The fourth-order valence-electron chi connectivity index (χ4n) is 2.75. The number of benzene rings is 1. The lowest BCUT2D eigenvalue weighted by atomic mass is 10.1. The highest BCUT2D eigenvalue weighted by Gasteiger charge is 2.29. The van der Waals surface area contributed by atoms with Gasteiger partial charge in [-0.1, -0.05) is 24.3 Å². The van der Waals surface area contributed by atoms with Crippen molar-refractivity contribution < 1.29 is 4.74 Å². The summed E-state index contributed by atoms with van der Waals surface area (Å²) in [4.78, 5) is 4.34. The first-order valence-electron chi connectivity index (χ1n) is 8.79. The van der Waals surface area contributed by atoms with Gasteiger partial charge in [-0.25, -0.2) is 0 Å². The third-order valence-electron chi connectivity index (χ3n) is 4.19. The van der Waals surface area contributed by atoms with Gasteiger partial charge >= 0.3 is 0 Å². The molecule has 134 valence electrons. The number of nitrogens with zero attached hydrogens (tertiary/aromatic N) is 1. The molecule has 1 saturated heterocycles. The van der Waals surface area contributed by atoms with Crippen LogP contribution in [0.4, 0.5) is 0 Å². The zero-order valence-electron chi connectivity index (χ0n) is 15.4. The van der Waals surface area contributed by atoms with Crippen LogP contribution in [-0.2, 0) is 17.9 Å². The van der Waals surface area contributed by atoms with Crippen LogP contribution in [-0.4, -0.2) is 36.2 Å². The van der Waals surface area contributed by atoms with Crippen LogP contribution in [0, 0.1) is 0 Å². The van der Waals surface area contributed by atoms with Gasteiger partial charge in [-0.05, 0) is 50.5 Å². The number of nitrogens with one attached hydrogen (secondary N) is 2. The summed E-state index contributed by atoms with van der Waals surface area (Å²) in [6, 6.07) is 8.52. The fraction of sp³-hybridized carbons (Fsp3) is 0.632. The molecule has 1 heterocycles. The average molecular weight is 350 g/mol. The van der Waals surface area contributed by atoms with Crippen LogP contribution in [0.2, 0.25) is 0 Å². The molecule has 1 aromatic carbocycles. The van der Waals surface area contributed by atoms with Crippen molar-refractivity contribution in [2.24, 2.45) is 4.99 Å². The van der Waals surface area contributed by atoms with E-state index in [0.29, 0.717) is 11.4 Å². The van der Waals surface area contributed by atoms with Crippen LogP contribution >= 0.6 is 11.8 Å². The van der Waals surface area contributed by atoms with Gasteiger partial charge in [0, 0.05) is 24.9 Å². The van der Waals surface area contributed by atoms with Gasteiger partial charge in [-0.15, -0.1) is 0 Å². The highest BCUT2D eigenvalue weighted by atomic mass is 32.2. The highest BCUT2D eigenvalue weighted by Crippen LogP contribution is 2.36. The van der Waals surface area contributed by atoms with Crippen LogP contribution < -0.4 is 10.6 Å². The van der Waals surface area contributed by atoms with Crippen LogP contribution in [0.15, 0.2) is 29.3 Å². The molecule has 1 atom stereocenters. The molecule has 0 bridgehead atoms. The second kappa shape index (κ2) is 9.33. The van der Waals surface area contributed by atoms with Crippen molar-refractivity contribution in [1.29, 1.82) is 0 Å². The molecule has 1 aromatic rings. The van der Waals surface area contributed by atoms with Gasteiger partial charge in [0.2, 0.25) is 0 Å². The van der Waals surface area contributed by atoms with E-state index in [1.807, 2.05) is 7.05 Å². The Morgan fingerprint density at radius 2 is 2.12 bits per heavy atom. The summed E-state index contributed by atoms with van der Waals surface area (Å²) >= 11 is 2.06. The predicted octanol–water partition coefficient (Wildman–Crippen LogP) is 3.56. The number of hydrogen-bond acceptors (Lipinski definition) is 3. The highest BCUT2D eigenvalue weighted by molar-refractivity contribution is 8.00. The van der Waals surface area contributed by atoms with Crippen molar-refractivity contribution in [2.45, 2.75) is 57.6 Å². The van der Waals surface area contributed by atoms with Crippen LogP contribution in [0.25, 0.3) is 0 Å². The van der Waals surface area contributed by atoms with E-state index >= 15 is 0 Å². The van der Waals surface area contributed by atoms with Gasteiger partial charge in [-0.2, -0.15) is 11.8 Å². The van der Waals surface area contributed by atoms with Crippen molar-refractivity contribution in [3.63, 3.8) is 0 Å². The predicted molar refractivity (Wildman–Crippen MR) is 105 cm³/mol. The summed E-state index contributed by atoms with van der Waals surface area (Å²) in [7, 11) is 1.83. The summed E-state index contributed by atoms with van der Waals surface area (Å²) in [5.41, 5.74) is 2.45. The summed E-state index contributed by atoms with van der Waals surface area (Å²) in [6.45, 7) is 8.84. The molecule has 5 heteroatoms. The first kappa shape index (κ1) is 19.1. The van der Waals surface area contributed by atoms with Crippen molar-refractivity contribution in [3.8, 4) is 0 Å². The van der Waals surface area contributed by atoms with Crippen LogP contribution in [0.5, 0.6) is 0 Å². The van der Waals surface area contributed by atoms with Gasteiger partial charge in [0.15, 0.2) is 5.96 Å². The Morgan fingerprint density at radius 3 is 2.79 bits per heavy atom. The van der Waals surface area contributed by atoms with E-state index in [2.05, 4.69) is 72.4 Å². The molecule has 2 rings (SSSR count). The molecular formula is C19H31N3OS. The normalized spacial score (nSPS) is 21.3. The Kier molecular flexibility index (Phi) is 7.43. The van der Waals surface area contributed by atoms with E-state index in [0.717, 1.165) is 19.0 Å². The van der Waals surface area contributed by atoms with E-state index in [9.17, 15) is 0 Å². The van der Waals surface area contributed by atoms with Crippen LogP contribution in [0.3, 0.4) is 0 Å². The maximum atomic E-state index is 5.68. The van der Waals surface area contributed by atoms with Gasteiger partial charge in [-0.3, -0.25) is 4.99 Å². The van der Waals surface area contributed by atoms with Crippen molar-refractivity contribution in [1.82, 2.24) is 10.6 Å². The van der Waals surface area contributed by atoms with Crippen molar-refractivity contribution in [2.75, 3.05) is 19.3 Å². The topological polar surface area (TPSA) is 45.7 Å². The summed E-state index contributed by atoms with van der Waals surface area (Å²) in [5, 5.41) is 6.88. The zero-order valence-corrected chi connectivity index (χ0v) is 16.2. The van der Waals surface area contributed by atoms with Gasteiger partial charge < -0.3 is 15.4 Å². The van der Waals surface area contributed by atoms with Gasteiger partial charge in [0.05, 0.1) is 12.7 Å². The smallest absolute Gasteiger partial charge is 0.191 e. The zero-order chi connectivity index (χ0) is 17.4. The quantitative estimate of drug-likeness (QED) is 0.584. The number of guanidine groups is 1. The first-order chi connectivity index (χ1) is 11.5. The second-order valence-electron chi connectivity index (χ2n) is 6.86. The van der Waals surface area contributed by atoms with Gasteiger partial charge in [0.25, 0.3) is 0 Å². The van der Waals surface area contributed by atoms with Gasteiger partial charge in [0.1, 0.15) is 0 Å². The molecule has 2 N–H and O–H groups in total. The first-order valence-corrected chi connectivity index (χ1v) is 9.77. The molecule has 0 aliphatic carbocycles. The number of rotatable bonds is 7. The third-order valence-corrected chi connectivity index (χ3v) is 5.73. The molecule has 1 unspecified atom stereocenters. The van der Waals surface area contributed by atoms with Crippen molar-refractivity contribution in [3.05, 3.63) is 35.4 Å². The maximum Gasteiger partial charge on any atom is 0.191 e. The average Bonchev–Trinajstić information content (AvgIpc) is 3.00. The lowest BCUT2D eigenvalue weighted by Gasteiger charge is -2.24. The Labute approximate surface area is 150 Å². The lowest BCUT2D eigenvalue weighted by molar-refractivity contribution is 0.0657. The molecule has 1 aliphatic rings. The third kappa shape index (κ3) is 6.36. The maximum absolute atomic E-state index is 5.68. The Morgan fingerprint density at radius 1 is 1.33 bits per heavy atom. The SMILES string of the molecule is CN=C(NCc1cccc(COC(C)C)c1)NCC1(C)CCCS1. The molecule has 1 fully saturated rings. The van der Waals surface area contributed by atoms with E-state index in [-0.39, 0.29) is 6.10 Å². The summed E-state index contributed by atoms with van der Waals surface area (Å²) < 4.78 is 6.02. The summed E-state index contributed by atoms with van der Waals surface area (Å²) in [5.74, 6) is 2.14. The number of aliphatic imine (C=N–C) groups is 1. The van der Waals surface area contributed by atoms with E-state index in [1.165, 1.54) is 29.7 Å². The molecule has 0 aromatic heterocycles. The standard InChI is InChI=1S/C19H31N3OS/c1-15(2)23-13-17-8-5-7-16(11-17)12-21-18(20-4)22-14-19(3)9-6-10-24-19/h5,7-8,11,15H,6,9-10,12-14H2,1-4H3,(H2,20,21,22). The molecule has 4 nitrogen and oxygen atoms in total. The Hall–Kier alpha value is -1.20. The molecule has 0 amide bonds. The van der Waals surface area contributed by atoms with E-state index in [4.69, 9.17) is 4.74 Å². The lowest BCUT2D eigenvalue weighted by Crippen LogP contribution is -2.43. The molecule has 24 heavy (non-hydrogen) atoms. The number of thioether (sulfide) groups is 1. The molecule has 0 spiro atoms. The second-order valence-corrected chi connectivity index (χ2v) is 8.54.